The number of carbonyl (C=O) groups excluding carboxylic acids is 6. The predicted octanol–water partition coefficient (Wildman–Crippen LogP) is 5.48. The molecule has 2 atom stereocenters. The maximum Gasteiger partial charge on any atom is 0.326 e. The van der Waals surface area contributed by atoms with E-state index < -0.39 is 23.9 Å². The Hall–Kier alpha value is -4.20. The average Bonchev–Trinajstić information content (AvgIpc) is 3.35. The number of hydrogen-bond acceptors (Lipinski definition) is 12. The first-order valence-corrected chi connectivity index (χ1v) is 26.7. The summed E-state index contributed by atoms with van der Waals surface area (Å²) in [6.45, 7) is 8.04. The largest absolute Gasteiger partial charge is 0.481 e. The Kier molecular flexibility index (Phi) is 41.7. The highest BCUT2D eigenvalue weighted by Crippen LogP contribution is 2.29. The van der Waals surface area contributed by atoms with Gasteiger partial charge in [-0.05, 0) is 70.6 Å². The molecule has 408 valence electrons. The third-order valence-corrected chi connectivity index (χ3v) is 12.4. The first-order chi connectivity index (χ1) is 34.4. The van der Waals surface area contributed by atoms with Gasteiger partial charge in [0.05, 0.1) is 39.6 Å². The Morgan fingerprint density at radius 1 is 0.493 bits per heavy atom. The lowest BCUT2D eigenvalue weighted by Crippen LogP contribution is -2.45. The molecule has 0 aromatic rings. The van der Waals surface area contributed by atoms with Crippen molar-refractivity contribution in [2.24, 2.45) is 17.8 Å². The molecule has 71 heavy (non-hydrogen) atoms. The molecule has 0 bridgehead atoms. The van der Waals surface area contributed by atoms with E-state index in [1.807, 2.05) is 0 Å². The van der Waals surface area contributed by atoms with Crippen molar-refractivity contribution in [3.05, 3.63) is 6.92 Å². The highest BCUT2D eigenvalue weighted by atomic mass is 16.5. The van der Waals surface area contributed by atoms with Crippen molar-refractivity contribution in [2.75, 3.05) is 79.0 Å². The van der Waals surface area contributed by atoms with Crippen molar-refractivity contribution in [1.29, 1.82) is 0 Å². The molecule has 0 aromatic carbocycles. The van der Waals surface area contributed by atoms with Crippen LogP contribution >= 0.6 is 0 Å². The zero-order chi connectivity index (χ0) is 52.0. The zero-order valence-electron chi connectivity index (χ0n) is 42.8. The number of hydrogen-bond donors (Lipinski definition) is 7. The SMILES string of the molecule is [CH][C@H](C=O)CCCCNC(=O)COCCOCCNC(=O)COCCOCCNC(=O)CCC(NC(=O)C1CCC(CNC(=O)CCCCCCCCCCCCCCCCCCC(=O)O)CC1)C(=O)O. The lowest BCUT2D eigenvalue weighted by atomic mass is 9.81. The van der Waals surface area contributed by atoms with Crippen LogP contribution in [-0.2, 0) is 57.3 Å². The zero-order valence-corrected chi connectivity index (χ0v) is 42.8. The molecule has 19 nitrogen and oxygen atoms in total. The van der Waals surface area contributed by atoms with Gasteiger partial charge < -0.3 is 60.5 Å². The van der Waals surface area contributed by atoms with Gasteiger partial charge in [0, 0.05) is 57.3 Å². The van der Waals surface area contributed by atoms with Crippen LogP contribution in [0.1, 0.15) is 173 Å². The fourth-order valence-corrected chi connectivity index (χ4v) is 8.12. The minimum atomic E-state index is -1.20. The summed E-state index contributed by atoms with van der Waals surface area (Å²) >= 11 is 0. The second kappa shape index (κ2) is 45.6. The van der Waals surface area contributed by atoms with Crippen molar-refractivity contribution in [3.8, 4) is 0 Å². The summed E-state index contributed by atoms with van der Waals surface area (Å²) in [5, 5.41) is 32.1. The number of aliphatic carboxylic acids is 2. The van der Waals surface area contributed by atoms with E-state index in [0.29, 0.717) is 51.5 Å². The molecule has 0 heterocycles. The molecule has 1 unspecified atom stereocenters. The van der Waals surface area contributed by atoms with E-state index in [9.17, 15) is 43.5 Å². The van der Waals surface area contributed by atoms with E-state index in [1.165, 1.54) is 64.2 Å². The van der Waals surface area contributed by atoms with Crippen LogP contribution in [0.15, 0.2) is 0 Å². The van der Waals surface area contributed by atoms with Gasteiger partial charge in [-0.1, -0.05) is 96.3 Å². The molecule has 1 saturated carbocycles. The number of nitrogens with one attached hydrogen (secondary N) is 5. The second-order valence-corrected chi connectivity index (χ2v) is 18.7. The number of carboxylic acid groups (broad SMARTS) is 2. The monoisotopic (exact) mass is 1010 g/mol. The fourth-order valence-electron chi connectivity index (χ4n) is 8.12. The van der Waals surface area contributed by atoms with Crippen LogP contribution in [0.4, 0.5) is 0 Å². The summed E-state index contributed by atoms with van der Waals surface area (Å²) in [7, 11) is 0. The van der Waals surface area contributed by atoms with Crippen molar-refractivity contribution in [2.45, 2.75) is 179 Å². The van der Waals surface area contributed by atoms with E-state index in [0.717, 1.165) is 64.2 Å². The van der Waals surface area contributed by atoms with Crippen LogP contribution < -0.4 is 26.6 Å². The van der Waals surface area contributed by atoms with Gasteiger partial charge in [-0.15, -0.1) is 0 Å². The van der Waals surface area contributed by atoms with Gasteiger partial charge in [0.15, 0.2) is 0 Å². The van der Waals surface area contributed by atoms with Crippen LogP contribution in [0, 0.1) is 24.7 Å². The van der Waals surface area contributed by atoms with E-state index in [1.54, 1.807) is 0 Å². The summed E-state index contributed by atoms with van der Waals surface area (Å²) in [5.41, 5.74) is 0. The Labute approximate surface area is 423 Å². The summed E-state index contributed by atoms with van der Waals surface area (Å²) in [5.74, 6) is -3.59. The van der Waals surface area contributed by atoms with E-state index in [4.69, 9.17) is 31.0 Å². The first kappa shape index (κ1) is 64.8. The molecule has 1 aliphatic carbocycles. The highest BCUT2D eigenvalue weighted by molar-refractivity contribution is 5.85. The fraction of sp³-hybridized carbons (Fsp3) is 0.827. The molecule has 0 saturated heterocycles. The Morgan fingerprint density at radius 2 is 0.944 bits per heavy atom. The maximum absolute atomic E-state index is 13.0. The van der Waals surface area contributed by atoms with Crippen molar-refractivity contribution in [3.63, 3.8) is 0 Å². The molecule has 0 aromatic heterocycles. The molecular weight excluding hydrogens is 919 g/mol. The van der Waals surface area contributed by atoms with Crippen molar-refractivity contribution in [1.82, 2.24) is 26.6 Å². The number of carboxylic acids is 2. The van der Waals surface area contributed by atoms with Gasteiger partial charge in [-0.3, -0.25) is 28.8 Å². The Bertz CT molecular complexity index is 1450. The molecule has 19 heteroatoms. The smallest absolute Gasteiger partial charge is 0.326 e. The second-order valence-electron chi connectivity index (χ2n) is 18.7. The van der Waals surface area contributed by atoms with Gasteiger partial charge in [0.1, 0.15) is 25.5 Å². The summed E-state index contributed by atoms with van der Waals surface area (Å²) in [6.07, 6.45) is 24.9. The van der Waals surface area contributed by atoms with E-state index in [2.05, 4.69) is 26.6 Å². The topological polar surface area (TPSA) is 274 Å². The lowest BCUT2D eigenvalue weighted by Gasteiger charge is -2.28. The van der Waals surface area contributed by atoms with E-state index in [-0.39, 0.29) is 120 Å². The van der Waals surface area contributed by atoms with Crippen molar-refractivity contribution >= 4 is 47.8 Å². The molecule has 1 aliphatic rings. The first-order valence-electron chi connectivity index (χ1n) is 26.7. The van der Waals surface area contributed by atoms with Crippen LogP contribution in [0.2, 0.25) is 0 Å². The highest BCUT2D eigenvalue weighted by Gasteiger charge is 2.30. The predicted molar refractivity (Wildman–Crippen MR) is 268 cm³/mol. The lowest BCUT2D eigenvalue weighted by molar-refractivity contribution is -0.143. The van der Waals surface area contributed by atoms with Gasteiger partial charge in [0.25, 0.3) is 0 Å². The van der Waals surface area contributed by atoms with Crippen LogP contribution in [0.25, 0.3) is 0 Å². The molecular formula is C52H91N5O14. The van der Waals surface area contributed by atoms with E-state index >= 15 is 0 Å². The van der Waals surface area contributed by atoms with Gasteiger partial charge in [-0.25, -0.2) is 4.79 Å². The van der Waals surface area contributed by atoms with Gasteiger partial charge >= 0.3 is 11.9 Å². The molecule has 0 spiro atoms. The Balaban J connectivity index is 1.97. The minimum absolute atomic E-state index is 0.0568. The standard InChI is InChI=1S/C52H91N5O14/c1-42(39-58)20-18-19-29-53-48(61)40-70-36-35-69-33-31-55-49(62)41-71-37-34-68-32-30-54-47(60)28-27-45(52(66)67)57-51(65)44-25-23-43(24-26-44)38-56-46(59)21-16-14-12-10-8-6-4-2-3-5-7-9-11-13-15-17-22-50(63)64/h1,39,42-45H,2-38,40-41H2,(H,53,61)(H,54,60)(H,55,62)(H,56,59)(H,57,65)(H,63,64)(H,66,67)/t42-,43?,44?,45?/m0/s1. The summed E-state index contributed by atoms with van der Waals surface area (Å²) < 4.78 is 21.3. The number of unbranched alkanes of at least 4 members (excludes halogenated alkanes) is 16. The number of carbonyl (C=O) groups is 8. The van der Waals surface area contributed by atoms with Crippen LogP contribution in [0.5, 0.6) is 0 Å². The third-order valence-electron chi connectivity index (χ3n) is 12.4. The number of aldehydes is 1. The number of rotatable bonds is 49. The molecule has 5 amide bonds. The molecule has 2 radical (unpaired) electrons. The van der Waals surface area contributed by atoms with Gasteiger partial charge in [-0.2, -0.15) is 0 Å². The van der Waals surface area contributed by atoms with Gasteiger partial charge in [0.2, 0.25) is 29.5 Å². The summed E-state index contributed by atoms with van der Waals surface area (Å²) in [4.78, 5) is 94.4. The van der Waals surface area contributed by atoms with Crippen molar-refractivity contribution < 1.29 is 67.5 Å². The normalized spacial score (nSPS) is 15.3. The number of ether oxygens (including phenoxy) is 4. The molecule has 0 aliphatic heterocycles. The quantitative estimate of drug-likeness (QED) is 0.0294. The molecule has 1 fully saturated rings. The third kappa shape index (κ3) is 41.0. The Morgan fingerprint density at radius 3 is 1.44 bits per heavy atom. The maximum atomic E-state index is 13.0. The van der Waals surface area contributed by atoms with Crippen LogP contribution in [0.3, 0.4) is 0 Å². The molecule has 7 N–H and O–H groups in total. The average molecular weight is 1010 g/mol. The minimum Gasteiger partial charge on any atom is -0.481 e. The summed E-state index contributed by atoms with van der Waals surface area (Å²) in [6, 6.07) is -1.19. The molecule has 1 rings (SSSR count). The van der Waals surface area contributed by atoms with Crippen LogP contribution in [-0.4, -0.2) is 143 Å². The number of amides is 5.